The van der Waals surface area contributed by atoms with Gasteiger partial charge >= 0.3 is 5.97 Å². The highest BCUT2D eigenvalue weighted by atomic mass is 16.4. The number of hydrogen-bond donors (Lipinski definition) is 2. The second-order valence-electron chi connectivity index (χ2n) is 3.24. The standard InChI is InChI=1S/C10H9NO3/c12-9-4-6-1-2-7(10(13)14)3-8(6)5-11-9/h1-3H,4-5H2,(H,11,12)(H,13,14). The van der Waals surface area contributed by atoms with Crippen molar-refractivity contribution in [2.45, 2.75) is 13.0 Å². The average molecular weight is 191 g/mol. The summed E-state index contributed by atoms with van der Waals surface area (Å²) in [4.78, 5) is 21.7. The summed E-state index contributed by atoms with van der Waals surface area (Å²) < 4.78 is 0. The number of amides is 1. The van der Waals surface area contributed by atoms with Crippen molar-refractivity contribution >= 4 is 11.9 Å². The van der Waals surface area contributed by atoms with Crippen molar-refractivity contribution in [3.63, 3.8) is 0 Å². The zero-order chi connectivity index (χ0) is 10.1. The van der Waals surface area contributed by atoms with Gasteiger partial charge in [-0.25, -0.2) is 4.79 Å². The fourth-order valence-electron chi connectivity index (χ4n) is 1.53. The Morgan fingerprint density at radius 3 is 2.86 bits per heavy atom. The number of carboxylic acid groups (broad SMARTS) is 1. The third-order valence-electron chi connectivity index (χ3n) is 2.28. The van der Waals surface area contributed by atoms with Gasteiger partial charge in [-0.2, -0.15) is 0 Å². The summed E-state index contributed by atoms with van der Waals surface area (Å²) in [6.45, 7) is 0.426. The summed E-state index contributed by atoms with van der Waals surface area (Å²) in [5.41, 5.74) is 2.07. The van der Waals surface area contributed by atoms with Gasteiger partial charge in [-0.3, -0.25) is 4.79 Å². The van der Waals surface area contributed by atoms with Crippen LogP contribution in [-0.4, -0.2) is 17.0 Å². The molecule has 2 rings (SSSR count). The molecule has 1 amide bonds. The lowest BCUT2D eigenvalue weighted by Gasteiger charge is -2.16. The van der Waals surface area contributed by atoms with Gasteiger partial charge in [0.05, 0.1) is 12.0 Å². The molecule has 1 aromatic carbocycles. The molecule has 72 valence electrons. The molecule has 2 N–H and O–H groups in total. The fourth-order valence-corrected chi connectivity index (χ4v) is 1.53. The fraction of sp³-hybridized carbons (Fsp3) is 0.200. The van der Waals surface area contributed by atoms with Crippen molar-refractivity contribution in [3.05, 3.63) is 34.9 Å². The summed E-state index contributed by atoms with van der Waals surface area (Å²) in [7, 11) is 0. The Hall–Kier alpha value is -1.84. The van der Waals surface area contributed by atoms with E-state index in [1.807, 2.05) is 0 Å². The van der Waals surface area contributed by atoms with Crippen LogP contribution in [0.25, 0.3) is 0 Å². The van der Waals surface area contributed by atoms with Gasteiger partial charge in [0, 0.05) is 6.54 Å². The molecule has 0 unspecified atom stereocenters. The number of nitrogens with one attached hydrogen (secondary N) is 1. The van der Waals surface area contributed by atoms with Crippen LogP contribution in [0.2, 0.25) is 0 Å². The number of carbonyl (C=O) groups is 2. The molecule has 0 aliphatic carbocycles. The highest BCUT2D eigenvalue weighted by Crippen LogP contribution is 2.16. The van der Waals surface area contributed by atoms with Crippen LogP contribution >= 0.6 is 0 Å². The first-order valence-electron chi connectivity index (χ1n) is 4.28. The molecular formula is C10H9NO3. The van der Waals surface area contributed by atoms with Gasteiger partial charge in [0.2, 0.25) is 5.91 Å². The van der Waals surface area contributed by atoms with Crippen molar-refractivity contribution in [2.75, 3.05) is 0 Å². The molecule has 0 spiro atoms. The molecule has 1 aromatic rings. The van der Waals surface area contributed by atoms with E-state index in [9.17, 15) is 9.59 Å². The van der Waals surface area contributed by atoms with Crippen molar-refractivity contribution in [2.24, 2.45) is 0 Å². The highest BCUT2D eigenvalue weighted by Gasteiger charge is 2.15. The summed E-state index contributed by atoms with van der Waals surface area (Å²) >= 11 is 0. The van der Waals surface area contributed by atoms with E-state index in [4.69, 9.17) is 5.11 Å². The second kappa shape index (κ2) is 3.14. The summed E-state index contributed by atoms with van der Waals surface area (Å²) in [5.74, 6) is -0.953. The molecule has 1 heterocycles. The molecule has 0 fully saturated rings. The summed E-state index contributed by atoms with van der Waals surface area (Å²) in [6, 6.07) is 4.84. The quantitative estimate of drug-likeness (QED) is 0.681. The van der Waals surface area contributed by atoms with Crippen LogP contribution in [0.3, 0.4) is 0 Å². The van der Waals surface area contributed by atoms with Crippen LogP contribution < -0.4 is 5.32 Å². The third-order valence-corrected chi connectivity index (χ3v) is 2.28. The van der Waals surface area contributed by atoms with Gasteiger partial charge in [-0.15, -0.1) is 0 Å². The normalized spacial score (nSPS) is 14.4. The smallest absolute Gasteiger partial charge is 0.335 e. The first kappa shape index (κ1) is 8.74. The van der Waals surface area contributed by atoms with Gasteiger partial charge in [-0.1, -0.05) is 6.07 Å². The maximum Gasteiger partial charge on any atom is 0.335 e. The number of hydrogen-bond acceptors (Lipinski definition) is 2. The topological polar surface area (TPSA) is 66.4 Å². The van der Waals surface area contributed by atoms with E-state index in [1.54, 1.807) is 12.1 Å². The van der Waals surface area contributed by atoms with Crippen LogP contribution in [-0.2, 0) is 17.8 Å². The number of aromatic carboxylic acids is 1. The van der Waals surface area contributed by atoms with Gasteiger partial charge in [0.25, 0.3) is 0 Å². The summed E-state index contributed by atoms with van der Waals surface area (Å²) in [6.07, 6.45) is 0.342. The number of carbonyl (C=O) groups excluding carboxylic acids is 1. The molecule has 0 saturated heterocycles. The molecule has 0 saturated carbocycles. The highest BCUT2D eigenvalue weighted by molar-refractivity contribution is 5.88. The Kier molecular flexibility index (Phi) is 1.96. The first-order chi connectivity index (χ1) is 6.66. The molecule has 0 bridgehead atoms. The lowest BCUT2D eigenvalue weighted by atomic mass is 9.98. The van der Waals surface area contributed by atoms with E-state index < -0.39 is 5.97 Å². The largest absolute Gasteiger partial charge is 0.478 e. The zero-order valence-corrected chi connectivity index (χ0v) is 7.41. The van der Waals surface area contributed by atoms with Crippen LogP contribution in [0, 0.1) is 0 Å². The monoisotopic (exact) mass is 191 g/mol. The van der Waals surface area contributed by atoms with E-state index in [2.05, 4.69) is 5.32 Å². The van der Waals surface area contributed by atoms with E-state index >= 15 is 0 Å². The second-order valence-corrected chi connectivity index (χ2v) is 3.24. The number of carboxylic acids is 1. The minimum Gasteiger partial charge on any atom is -0.478 e. The number of benzene rings is 1. The Bertz CT molecular complexity index is 412. The Balaban J connectivity index is 2.41. The minimum absolute atomic E-state index is 0.0134. The van der Waals surface area contributed by atoms with Crippen LogP contribution in [0.15, 0.2) is 18.2 Å². The maximum atomic E-state index is 11.0. The van der Waals surface area contributed by atoms with Crippen molar-refractivity contribution in [3.8, 4) is 0 Å². The third kappa shape index (κ3) is 1.46. The molecular weight excluding hydrogens is 182 g/mol. The van der Waals surface area contributed by atoms with Crippen molar-refractivity contribution in [1.29, 1.82) is 0 Å². The molecule has 1 aliphatic rings. The van der Waals surface area contributed by atoms with Gasteiger partial charge in [0.1, 0.15) is 0 Å². The SMILES string of the molecule is O=C1Cc2ccc(C(=O)O)cc2CN1. The van der Waals surface area contributed by atoms with Gasteiger partial charge < -0.3 is 10.4 Å². The predicted molar refractivity (Wildman–Crippen MR) is 49.0 cm³/mol. The number of fused-ring (bicyclic) bond motifs is 1. The van der Waals surface area contributed by atoms with Crippen molar-refractivity contribution in [1.82, 2.24) is 5.32 Å². The summed E-state index contributed by atoms with van der Waals surface area (Å²) in [5, 5.41) is 11.4. The van der Waals surface area contributed by atoms with Gasteiger partial charge in [0.15, 0.2) is 0 Å². The van der Waals surface area contributed by atoms with Gasteiger partial charge in [-0.05, 0) is 23.3 Å². The molecule has 0 atom stereocenters. The van der Waals surface area contributed by atoms with E-state index in [-0.39, 0.29) is 11.5 Å². The Morgan fingerprint density at radius 1 is 1.36 bits per heavy atom. The lowest BCUT2D eigenvalue weighted by Crippen LogP contribution is -2.30. The Labute approximate surface area is 80.6 Å². The van der Waals surface area contributed by atoms with E-state index in [0.29, 0.717) is 13.0 Å². The zero-order valence-electron chi connectivity index (χ0n) is 7.41. The van der Waals surface area contributed by atoms with Crippen LogP contribution in [0.4, 0.5) is 0 Å². The lowest BCUT2D eigenvalue weighted by molar-refractivity contribution is -0.121. The maximum absolute atomic E-state index is 11.0. The minimum atomic E-state index is -0.940. The molecule has 0 radical (unpaired) electrons. The molecule has 0 aromatic heterocycles. The Morgan fingerprint density at radius 2 is 2.14 bits per heavy atom. The van der Waals surface area contributed by atoms with E-state index in [1.165, 1.54) is 6.07 Å². The predicted octanol–water partition coefficient (Wildman–Crippen LogP) is 0.557. The van der Waals surface area contributed by atoms with Crippen molar-refractivity contribution < 1.29 is 14.7 Å². The van der Waals surface area contributed by atoms with Crippen LogP contribution in [0.5, 0.6) is 0 Å². The number of rotatable bonds is 1. The molecule has 4 nitrogen and oxygen atoms in total. The van der Waals surface area contributed by atoms with E-state index in [0.717, 1.165) is 11.1 Å². The average Bonchev–Trinajstić information content (AvgIpc) is 2.16. The first-order valence-corrected chi connectivity index (χ1v) is 4.28. The molecule has 14 heavy (non-hydrogen) atoms. The molecule has 4 heteroatoms. The molecule has 1 aliphatic heterocycles. The van der Waals surface area contributed by atoms with Crippen LogP contribution in [0.1, 0.15) is 21.5 Å².